The van der Waals surface area contributed by atoms with E-state index in [9.17, 15) is 25.5 Å². The Bertz CT molecular complexity index is 1720. The van der Waals surface area contributed by atoms with Crippen molar-refractivity contribution >= 4 is 34.0 Å². The van der Waals surface area contributed by atoms with Crippen molar-refractivity contribution in [3.8, 4) is 11.8 Å². The van der Waals surface area contributed by atoms with E-state index in [1.165, 1.54) is 28.1 Å². The number of rotatable bonds is 9. The molecule has 0 spiro atoms. The molecule has 2 aliphatic heterocycles. The standard InChI is InChI=1S/C26H34N12O7/c27-4-2-6-36(7-12-17(40)19(42)25(44-12)37-11-34-15-21(28)30-9-32-23(15)37)5-1-3-14-35-16-22(29)31-10-33-24(16)38(14)26-20(43)18(41)13(8-39)45-26/h9-13,17-20,25-26,39-43H,2,4-8,27H2,(H2,28,30,32)(H2,29,31,33)/t12-,13-,17-,18-,19-,20-,25-,26-/m1/s1. The van der Waals surface area contributed by atoms with Crippen molar-refractivity contribution in [2.75, 3.05) is 44.3 Å². The summed E-state index contributed by atoms with van der Waals surface area (Å²) in [6.45, 7) is 0.756. The van der Waals surface area contributed by atoms with Gasteiger partial charge in [0.25, 0.3) is 0 Å². The Hall–Kier alpha value is -4.10. The summed E-state index contributed by atoms with van der Waals surface area (Å²) in [4.78, 5) is 26.9. The molecule has 11 N–H and O–H groups in total. The molecule has 4 aromatic rings. The SMILES string of the molecule is NCCCN(CC#Cc1nc2c(N)ncnc2n1[C@@H]1O[C@H](CO)[C@@H](O)[C@H]1O)C[C@H]1O[C@@H](n2cnc3c(N)ncnc32)[C@H](O)[C@@H]1O. The first-order valence-corrected chi connectivity index (χ1v) is 14.2. The zero-order valence-electron chi connectivity index (χ0n) is 23.9. The fourth-order valence-corrected chi connectivity index (χ4v) is 5.55. The maximum Gasteiger partial charge on any atom is 0.190 e. The number of aliphatic hydroxyl groups excluding tert-OH is 5. The van der Waals surface area contributed by atoms with Gasteiger partial charge in [0.2, 0.25) is 0 Å². The van der Waals surface area contributed by atoms with Gasteiger partial charge in [-0.05, 0) is 18.9 Å². The van der Waals surface area contributed by atoms with E-state index in [-0.39, 0.29) is 41.7 Å². The lowest BCUT2D eigenvalue weighted by Gasteiger charge is -2.24. The molecule has 19 heteroatoms. The largest absolute Gasteiger partial charge is 0.394 e. The van der Waals surface area contributed by atoms with Gasteiger partial charge in [0, 0.05) is 13.1 Å². The van der Waals surface area contributed by atoms with Crippen LogP contribution in [-0.4, -0.2) is 139 Å². The number of ether oxygens (including phenoxy) is 2. The maximum absolute atomic E-state index is 10.9. The molecule has 0 bridgehead atoms. The summed E-state index contributed by atoms with van der Waals surface area (Å²) in [7, 11) is 0. The summed E-state index contributed by atoms with van der Waals surface area (Å²) in [6.07, 6.45) is -4.71. The Balaban J connectivity index is 1.24. The molecule has 0 radical (unpaired) electrons. The predicted octanol–water partition coefficient (Wildman–Crippen LogP) is -3.94. The molecule has 4 aromatic heterocycles. The number of nitrogens with zero attached hydrogens (tertiary/aromatic N) is 9. The van der Waals surface area contributed by atoms with Gasteiger partial charge in [0.05, 0.1) is 19.5 Å². The summed E-state index contributed by atoms with van der Waals surface area (Å²) < 4.78 is 14.7. The lowest BCUT2D eigenvalue weighted by molar-refractivity contribution is -0.0514. The Morgan fingerprint density at radius 2 is 1.51 bits per heavy atom. The second-order valence-corrected chi connectivity index (χ2v) is 10.8. The van der Waals surface area contributed by atoms with Gasteiger partial charge in [-0.1, -0.05) is 5.92 Å². The third kappa shape index (κ3) is 5.63. The molecule has 0 saturated carbocycles. The number of imidazole rings is 2. The van der Waals surface area contributed by atoms with E-state index >= 15 is 0 Å². The molecule has 2 aliphatic rings. The van der Waals surface area contributed by atoms with Crippen LogP contribution in [0.5, 0.6) is 0 Å². The number of hydrogen-bond donors (Lipinski definition) is 8. The Morgan fingerprint density at radius 1 is 0.844 bits per heavy atom. The smallest absolute Gasteiger partial charge is 0.190 e. The second kappa shape index (κ2) is 12.7. The van der Waals surface area contributed by atoms with Gasteiger partial charge in [0.15, 0.2) is 46.7 Å². The van der Waals surface area contributed by atoms with E-state index in [0.717, 1.165) is 0 Å². The molecule has 0 amide bonds. The van der Waals surface area contributed by atoms with Gasteiger partial charge in [-0.3, -0.25) is 14.0 Å². The first kappa shape index (κ1) is 30.9. The lowest BCUT2D eigenvalue weighted by atomic mass is 10.1. The zero-order chi connectivity index (χ0) is 31.8. The molecule has 6 heterocycles. The molecule has 240 valence electrons. The molecular formula is C26H34N12O7. The van der Waals surface area contributed by atoms with Gasteiger partial charge < -0.3 is 52.2 Å². The van der Waals surface area contributed by atoms with E-state index in [2.05, 4.69) is 41.7 Å². The summed E-state index contributed by atoms with van der Waals surface area (Å²) in [6, 6.07) is 0. The average molecular weight is 627 g/mol. The first-order chi connectivity index (χ1) is 21.7. The molecular weight excluding hydrogens is 592 g/mol. The van der Waals surface area contributed by atoms with Crippen LogP contribution in [0.15, 0.2) is 19.0 Å². The molecule has 6 rings (SSSR count). The van der Waals surface area contributed by atoms with Crippen molar-refractivity contribution in [3.63, 3.8) is 0 Å². The summed E-state index contributed by atoms with van der Waals surface area (Å²) in [5.74, 6) is 6.40. The number of fused-ring (bicyclic) bond motifs is 2. The summed E-state index contributed by atoms with van der Waals surface area (Å²) >= 11 is 0. The Kier molecular flexibility index (Phi) is 8.74. The van der Waals surface area contributed by atoms with Crippen LogP contribution in [0.2, 0.25) is 0 Å². The normalized spacial score (nSPS) is 28.3. The van der Waals surface area contributed by atoms with Crippen molar-refractivity contribution < 1.29 is 35.0 Å². The molecule has 2 saturated heterocycles. The number of nitrogens with two attached hydrogens (primary N) is 3. The van der Waals surface area contributed by atoms with Crippen molar-refractivity contribution in [1.29, 1.82) is 0 Å². The number of nitrogen functional groups attached to an aromatic ring is 2. The highest BCUT2D eigenvalue weighted by Gasteiger charge is 2.46. The van der Waals surface area contributed by atoms with Crippen LogP contribution in [0.1, 0.15) is 24.7 Å². The van der Waals surface area contributed by atoms with Gasteiger partial charge in [-0.15, -0.1) is 0 Å². The second-order valence-electron chi connectivity index (χ2n) is 10.8. The molecule has 0 unspecified atom stereocenters. The Morgan fingerprint density at radius 3 is 2.22 bits per heavy atom. The highest BCUT2D eigenvalue weighted by Crippen LogP contribution is 2.34. The fourth-order valence-electron chi connectivity index (χ4n) is 5.55. The van der Waals surface area contributed by atoms with E-state index in [1.807, 2.05) is 4.90 Å². The van der Waals surface area contributed by atoms with Crippen molar-refractivity contribution in [1.82, 2.24) is 43.9 Å². The minimum atomic E-state index is -1.41. The fraction of sp³-hybridized carbons (Fsp3) is 0.538. The molecule has 0 aliphatic carbocycles. The monoisotopic (exact) mass is 626 g/mol. The molecule has 2 fully saturated rings. The van der Waals surface area contributed by atoms with Gasteiger partial charge in [-0.25, -0.2) is 29.9 Å². The van der Waals surface area contributed by atoms with Crippen LogP contribution in [-0.2, 0) is 9.47 Å². The topological polar surface area (TPSA) is 288 Å². The van der Waals surface area contributed by atoms with Crippen LogP contribution >= 0.6 is 0 Å². The third-order valence-electron chi connectivity index (χ3n) is 7.89. The van der Waals surface area contributed by atoms with Crippen molar-refractivity contribution in [2.24, 2.45) is 5.73 Å². The lowest BCUT2D eigenvalue weighted by Crippen LogP contribution is -2.41. The molecule has 19 nitrogen and oxygen atoms in total. The van der Waals surface area contributed by atoms with Crippen LogP contribution in [0.4, 0.5) is 11.6 Å². The van der Waals surface area contributed by atoms with E-state index in [4.69, 9.17) is 26.7 Å². The zero-order valence-corrected chi connectivity index (χ0v) is 23.9. The third-order valence-corrected chi connectivity index (χ3v) is 7.89. The van der Waals surface area contributed by atoms with E-state index < -0.39 is 55.7 Å². The minimum Gasteiger partial charge on any atom is -0.394 e. The van der Waals surface area contributed by atoms with Crippen LogP contribution in [0, 0.1) is 11.8 Å². The van der Waals surface area contributed by atoms with Gasteiger partial charge >= 0.3 is 0 Å². The van der Waals surface area contributed by atoms with E-state index in [1.54, 1.807) is 0 Å². The first-order valence-electron chi connectivity index (χ1n) is 14.2. The van der Waals surface area contributed by atoms with Gasteiger partial charge in [-0.2, -0.15) is 0 Å². The van der Waals surface area contributed by atoms with Crippen molar-refractivity contribution in [3.05, 3.63) is 24.8 Å². The van der Waals surface area contributed by atoms with Gasteiger partial charge in [0.1, 0.15) is 54.8 Å². The predicted molar refractivity (Wildman–Crippen MR) is 155 cm³/mol. The quantitative estimate of drug-likeness (QED) is 0.0823. The molecule has 0 aromatic carbocycles. The van der Waals surface area contributed by atoms with Crippen LogP contribution in [0.3, 0.4) is 0 Å². The minimum absolute atomic E-state index is 0.0819. The molecule has 8 atom stereocenters. The number of aliphatic hydroxyl groups is 5. The number of anilines is 2. The number of hydrogen-bond acceptors (Lipinski definition) is 17. The highest BCUT2D eigenvalue weighted by molar-refractivity contribution is 5.82. The average Bonchev–Trinajstić information content (AvgIpc) is 3.77. The Labute approximate surface area is 255 Å². The molecule has 45 heavy (non-hydrogen) atoms. The van der Waals surface area contributed by atoms with Crippen LogP contribution < -0.4 is 17.2 Å². The summed E-state index contributed by atoms with van der Waals surface area (Å²) in [5, 5.41) is 52.4. The highest BCUT2D eigenvalue weighted by atomic mass is 16.6. The number of aromatic nitrogens is 8. The van der Waals surface area contributed by atoms with Crippen molar-refractivity contribution in [2.45, 2.75) is 55.5 Å². The van der Waals surface area contributed by atoms with Crippen LogP contribution in [0.25, 0.3) is 22.3 Å². The maximum atomic E-state index is 10.9. The van der Waals surface area contributed by atoms with E-state index in [0.29, 0.717) is 30.7 Å². The summed E-state index contributed by atoms with van der Waals surface area (Å²) in [5.41, 5.74) is 18.8.